The third-order valence-corrected chi connectivity index (χ3v) is 7.90. The molecule has 0 spiro atoms. The molecular weight excluding hydrogens is 537 g/mol. The molecule has 5 aromatic rings. The monoisotopic (exact) mass is 565 g/mol. The zero-order valence-corrected chi connectivity index (χ0v) is 22.9. The molecule has 7 rings (SSSR count). The quantitative estimate of drug-likeness (QED) is 0.281. The Labute approximate surface area is 240 Å². The Balaban J connectivity index is 1.14. The normalized spacial score (nSPS) is 17.0. The molecule has 12 heteroatoms. The lowest BCUT2D eigenvalue weighted by Crippen LogP contribution is -2.56. The third kappa shape index (κ3) is 4.74. The van der Waals surface area contributed by atoms with E-state index < -0.39 is 5.82 Å². The Bertz CT molecular complexity index is 1840. The number of hydrogen-bond donors (Lipinski definition) is 1. The fourth-order valence-corrected chi connectivity index (χ4v) is 5.48. The highest BCUT2D eigenvalue weighted by Gasteiger charge is 2.40. The zero-order valence-electron chi connectivity index (χ0n) is 22.9. The van der Waals surface area contributed by atoms with Gasteiger partial charge in [0.2, 0.25) is 5.91 Å². The number of fused-ring (bicyclic) bond motifs is 2. The van der Waals surface area contributed by atoms with E-state index in [9.17, 15) is 4.79 Å². The highest BCUT2D eigenvalue weighted by Crippen LogP contribution is 2.38. The second-order valence-corrected chi connectivity index (χ2v) is 10.5. The van der Waals surface area contributed by atoms with E-state index in [1.165, 1.54) is 18.7 Å². The molecule has 212 valence electrons. The number of halogens is 1. The predicted molar refractivity (Wildman–Crippen MR) is 155 cm³/mol. The van der Waals surface area contributed by atoms with Crippen LogP contribution in [-0.2, 0) is 4.79 Å². The van der Waals surface area contributed by atoms with Gasteiger partial charge in [-0.15, -0.1) is 0 Å². The number of nitrogens with zero attached hydrogens (tertiary/aromatic N) is 8. The average molecular weight is 566 g/mol. The largest absolute Gasteiger partial charge is 0.457 e. The number of hydrogen-bond acceptors (Lipinski definition) is 9. The van der Waals surface area contributed by atoms with Gasteiger partial charge in [-0.05, 0) is 62.1 Å². The van der Waals surface area contributed by atoms with Crippen LogP contribution in [-0.4, -0.2) is 66.0 Å². The van der Waals surface area contributed by atoms with Crippen molar-refractivity contribution in [1.82, 2.24) is 34.4 Å². The van der Waals surface area contributed by atoms with Crippen molar-refractivity contribution in [2.75, 3.05) is 29.9 Å². The highest BCUT2D eigenvalue weighted by atomic mass is 19.1. The van der Waals surface area contributed by atoms with Gasteiger partial charge in [-0.25, -0.2) is 28.8 Å². The number of rotatable bonds is 7. The van der Waals surface area contributed by atoms with E-state index >= 15 is 4.39 Å². The van der Waals surface area contributed by atoms with Crippen molar-refractivity contribution in [2.24, 2.45) is 5.92 Å². The minimum absolute atomic E-state index is 0.0250. The fourth-order valence-electron chi connectivity index (χ4n) is 5.48. The van der Waals surface area contributed by atoms with Crippen LogP contribution in [0.15, 0.2) is 67.9 Å². The first-order valence-corrected chi connectivity index (χ1v) is 13.8. The summed E-state index contributed by atoms with van der Waals surface area (Å²) in [5, 5.41) is 7.19. The van der Waals surface area contributed by atoms with Gasteiger partial charge in [-0.2, -0.15) is 5.10 Å². The maximum atomic E-state index is 15.6. The Morgan fingerprint density at radius 2 is 2.00 bits per heavy atom. The summed E-state index contributed by atoms with van der Waals surface area (Å²) in [6.07, 6.45) is 8.25. The number of benzene rings is 1. The number of carbonyl (C=O) groups excluding carboxylic acids is 1. The van der Waals surface area contributed by atoms with Gasteiger partial charge >= 0.3 is 0 Å². The number of anilines is 3. The Hall–Kier alpha value is -5.13. The van der Waals surface area contributed by atoms with Crippen LogP contribution < -0.4 is 15.0 Å². The van der Waals surface area contributed by atoms with E-state index in [2.05, 4.69) is 36.8 Å². The van der Waals surface area contributed by atoms with Gasteiger partial charge in [0.05, 0.1) is 17.2 Å². The van der Waals surface area contributed by atoms with Gasteiger partial charge in [0.15, 0.2) is 17.3 Å². The van der Waals surface area contributed by atoms with Crippen LogP contribution in [0.25, 0.3) is 16.7 Å². The lowest BCUT2D eigenvalue weighted by atomic mass is 10.1. The van der Waals surface area contributed by atoms with Crippen LogP contribution >= 0.6 is 0 Å². The number of amides is 1. The average Bonchev–Trinajstić information content (AvgIpc) is 3.77. The van der Waals surface area contributed by atoms with E-state index in [0.717, 1.165) is 18.7 Å². The summed E-state index contributed by atoms with van der Waals surface area (Å²) in [4.78, 5) is 34.4. The molecular formula is C30H28FN9O2. The fraction of sp³-hybridized carbons (Fsp3) is 0.267. The summed E-state index contributed by atoms with van der Waals surface area (Å²) in [6, 6.07) is 10.7. The van der Waals surface area contributed by atoms with Gasteiger partial charge < -0.3 is 19.9 Å². The van der Waals surface area contributed by atoms with Gasteiger partial charge in [-0.1, -0.05) is 6.58 Å². The smallest absolute Gasteiger partial charge is 0.246 e. The summed E-state index contributed by atoms with van der Waals surface area (Å²) >= 11 is 0. The standard InChI is InChI=1S/C30H28FN9O2/c1-3-27(41)39-13-12-38(15-23(39)19-4-5-19)25-9-7-22-29(37-25)30(34-16-32-22)36-21-6-8-24(18(2)28(21)31)42-20-10-11-40-26(14-20)33-17-35-40/h3,6-11,14,16-17,19,23H,1,4-5,12-13,15H2,2H3,(H,32,34,36). The minimum Gasteiger partial charge on any atom is -0.457 e. The molecule has 4 aromatic heterocycles. The van der Waals surface area contributed by atoms with E-state index in [0.29, 0.717) is 65.1 Å². The molecule has 1 aliphatic carbocycles. The van der Waals surface area contributed by atoms with Crippen molar-refractivity contribution in [3.63, 3.8) is 0 Å². The lowest BCUT2D eigenvalue weighted by molar-refractivity contribution is -0.129. The van der Waals surface area contributed by atoms with Crippen molar-refractivity contribution in [1.29, 1.82) is 0 Å². The molecule has 2 fully saturated rings. The maximum absolute atomic E-state index is 15.6. The van der Waals surface area contributed by atoms with Crippen molar-refractivity contribution in [3.05, 3.63) is 79.3 Å². The third-order valence-electron chi connectivity index (χ3n) is 7.90. The first kappa shape index (κ1) is 25.8. The second kappa shape index (κ2) is 10.4. The molecule has 5 heterocycles. The molecule has 1 saturated heterocycles. The molecule has 1 aliphatic heterocycles. The van der Waals surface area contributed by atoms with Crippen LogP contribution in [0.2, 0.25) is 0 Å². The molecule has 0 radical (unpaired) electrons. The molecule has 2 aliphatic rings. The zero-order chi connectivity index (χ0) is 28.8. The van der Waals surface area contributed by atoms with E-state index in [4.69, 9.17) is 9.72 Å². The first-order valence-electron chi connectivity index (χ1n) is 13.8. The van der Waals surface area contributed by atoms with Crippen LogP contribution in [0.5, 0.6) is 11.5 Å². The number of pyridine rings is 2. The molecule has 1 aromatic carbocycles. The van der Waals surface area contributed by atoms with Gasteiger partial charge in [0.25, 0.3) is 0 Å². The Kier molecular flexibility index (Phi) is 6.37. The van der Waals surface area contributed by atoms with E-state index in [1.807, 2.05) is 17.0 Å². The van der Waals surface area contributed by atoms with Gasteiger partial charge in [0.1, 0.15) is 35.5 Å². The lowest BCUT2D eigenvalue weighted by Gasteiger charge is -2.42. The summed E-state index contributed by atoms with van der Waals surface area (Å²) in [6.45, 7) is 7.28. The molecule has 1 atom stereocenters. The van der Waals surface area contributed by atoms with Crippen molar-refractivity contribution in [3.8, 4) is 11.5 Å². The van der Waals surface area contributed by atoms with Crippen molar-refractivity contribution in [2.45, 2.75) is 25.8 Å². The molecule has 1 amide bonds. The van der Waals surface area contributed by atoms with Crippen LogP contribution in [0, 0.1) is 18.7 Å². The summed E-state index contributed by atoms with van der Waals surface area (Å²) < 4.78 is 23.2. The number of carbonyl (C=O) groups is 1. The second-order valence-electron chi connectivity index (χ2n) is 10.5. The van der Waals surface area contributed by atoms with Crippen molar-refractivity contribution < 1.29 is 13.9 Å². The van der Waals surface area contributed by atoms with E-state index in [-0.39, 0.29) is 17.6 Å². The van der Waals surface area contributed by atoms with Crippen molar-refractivity contribution >= 4 is 39.9 Å². The molecule has 1 N–H and O–H groups in total. The maximum Gasteiger partial charge on any atom is 0.246 e. The highest BCUT2D eigenvalue weighted by molar-refractivity contribution is 5.89. The minimum atomic E-state index is -0.464. The predicted octanol–water partition coefficient (Wildman–Crippen LogP) is 4.66. The van der Waals surface area contributed by atoms with Gasteiger partial charge in [-0.3, -0.25) is 4.79 Å². The number of piperazine rings is 1. The summed E-state index contributed by atoms with van der Waals surface area (Å²) in [5.41, 5.74) is 2.37. The summed E-state index contributed by atoms with van der Waals surface area (Å²) in [5.74, 6) is 2.08. The molecule has 0 bridgehead atoms. The van der Waals surface area contributed by atoms with Gasteiger partial charge in [0, 0.05) is 37.5 Å². The summed E-state index contributed by atoms with van der Waals surface area (Å²) in [7, 11) is 0. The number of ether oxygens (including phenoxy) is 1. The number of nitrogens with one attached hydrogen (secondary N) is 1. The Morgan fingerprint density at radius 3 is 2.83 bits per heavy atom. The topological polar surface area (TPSA) is 114 Å². The molecule has 1 saturated carbocycles. The van der Waals surface area contributed by atoms with Crippen LogP contribution in [0.4, 0.5) is 21.7 Å². The molecule has 1 unspecified atom stereocenters. The SMILES string of the molecule is C=CC(=O)N1CCN(c2ccc3ncnc(Nc4ccc(Oc5ccn6ncnc6c5)c(C)c4F)c3n2)CC1C1CC1. The first-order chi connectivity index (χ1) is 20.5. The molecule has 42 heavy (non-hydrogen) atoms. The molecule has 11 nitrogen and oxygen atoms in total. The van der Waals surface area contributed by atoms with Crippen LogP contribution in [0.1, 0.15) is 18.4 Å². The Morgan fingerprint density at radius 1 is 1.12 bits per heavy atom. The number of aromatic nitrogens is 6. The van der Waals surface area contributed by atoms with E-state index in [1.54, 1.807) is 41.9 Å². The van der Waals surface area contributed by atoms with Crippen LogP contribution in [0.3, 0.4) is 0 Å².